The number of hydrogen-bond donors (Lipinski definition) is 0. The summed E-state index contributed by atoms with van der Waals surface area (Å²) < 4.78 is 15.4. The Hall–Kier alpha value is -2.81. The fourth-order valence-electron chi connectivity index (χ4n) is 2.35. The van der Waals surface area contributed by atoms with Gasteiger partial charge in [0.05, 0.1) is 11.5 Å². The predicted octanol–water partition coefficient (Wildman–Crippen LogP) is 3.01. The number of imide groups is 1. The molecular formula is C20H23NO7S. The van der Waals surface area contributed by atoms with Gasteiger partial charge in [0, 0.05) is 5.56 Å². The van der Waals surface area contributed by atoms with Crippen LogP contribution in [0.2, 0.25) is 0 Å². The van der Waals surface area contributed by atoms with Gasteiger partial charge in [-0.3, -0.25) is 19.3 Å². The van der Waals surface area contributed by atoms with E-state index in [0.29, 0.717) is 11.3 Å². The monoisotopic (exact) mass is 421 g/mol. The van der Waals surface area contributed by atoms with E-state index in [-0.39, 0.29) is 18.1 Å². The lowest BCUT2D eigenvalue weighted by molar-refractivity contribution is -0.156. The van der Waals surface area contributed by atoms with Gasteiger partial charge in [0.15, 0.2) is 6.61 Å². The third-order valence-corrected chi connectivity index (χ3v) is 4.34. The van der Waals surface area contributed by atoms with Gasteiger partial charge in [-0.2, -0.15) is 0 Å². The van der Waals surface area contributed by atoms with Crippen molar-refractivity contribution in [3.05, 3.63) is 34.7 Å². The second kappa shape index (κ2) is 9.60. The molecule has 0 N–H and O–H groups in total. The van der Waals surface area contributed by atoms with E-state index < -0.39 is 35.2 Å². The highest BCUT2D eigenvalue weighted by Crippen LogP contribution is 2.34. The van der Waals surface area contributed by atoms with Gasteiger partial charge in [-0.1, -0.05) is 18.2 Å². The highest BCUT2D eigenvalue weighted by molar-refractivity contribution is 8.18. The number of thioether (sulfide) groups is 1. The number of carbonyl (C=O) groups excluding carboxylic acids is 4. The number of para-hydroxylation sites is 1. The predicted molar refractivity (Wildman–Crippen MR) is 107 cm³/mol. The maximum Gasteiger partial charge on any atom is 0.344 e. The van der Waals surface area contributed by atoms with Crippen molar-refractivity contribution in [3.8, 4) is 5.75 Å². The molecule has 1 aliphatic rings. The summed E-state index contributed by atoms with van der Waals surface area (Å²) in [5.41, 5.74) is -0.205. The molecule has 0 aromatic heterocycles. The number of esters is 2. The quantitative estimate of drug-likeness (QED) is 0.489. The molecule has 0 saturated carbocycles. The Labute approximate surface area is 173 Å². The molecule has 0 aliphatic carbocycles. The van der Waals surface area contributed by atoms with Crippen LogP contribution in [0.4, 0.5) is 4.79 Å². The summed E-state index contributed by atoms with van der Waals surface area (Å²) >= 11 is 0.721. The molecule has 1 aromatic rings. The van der Waals surface area contributed by atoms with Gasteiger partial charge in [0.25, 0.3) is 11.1 Å². The van der Waals surface area contributed by atoms with Gasteiger partial charge in [-0.25, -0.2) is 4.79 Å². The molecule has 1 aromatic carbocycles. The SMILES string of the molecule is CCOC(=O)COc1ccccc1/C=C1/SC(=O)N(CC(=O)OC(C)(C)C)C1=O. The molecule has 1 saturated heterocycles. The van der Waals surface area contributed by atoms with E-state index in [1.807, 2.05) is 0 Å². The van der Waals surface area contributed by atoms with Crippen LogP contribution >= 0.6 is 11.8 Å². The van der Waals surface area contributed by atoms with Gasteiger partial charge in [0.1, 0.15) is 17.9 Å². The number of benzene rings is 1. The molecule has 8 nitrogen and oxygen atoms in total. The van der Waals surface area contributed by atoms with Crippen LogP contribution in [0.5, 0.6) is 5.75 Å². The maximum absolute atomic E-state index is 12.6. The molecule has 0 spiro atoms. The summed E-state index contributed by atoms with van der Waals surface area (Å²) in [6, 6.07) is 6.76. The number of ether oxygens (including phenoxy) is 3. The van der Waals surface area contributed by atoms with Crippen molar-refractivity contribution in [1.82, 2.24) is 4.90 Å². The van der Waals surface area contributed by atoms with E-state index in [0.717, 1.165) is 16.7 Å². The van der Waals surface area contributed by atoms with E-state index in [4.69, 9.17) is 14.2 Å². The minimum Gasteiger partial charge on any atom is -0.481 e. The Kier molecular flexibility index (Phi) is 7.44. The molecule has 1 fully saturated rings. The first kappa shape index (κ1) is 22.5. The number of rotatable bonds is 7. The van der Waals surface area contributed by atoms with Crippen molar-refractivity contribution in [2.45, 2.75) is 33.3 Å². The molecule has 0 bridgehead atoms. The third-order valence-electron chi connectivity index (χ3n) is 3.44. The second-order valence-corrected chi connectivity index (χ2v) is 7.98. The van der Waals surface area contributed by atoms with Crippen LogP contribution in [-0.2, 0) is 23.9 Å². The number of amides is 2. The lowest BCUT2D eigenvalue weighted by Gasteiger charge is -2.21. The number of nitrogens with zero attached hydrogens (tertiary/aromatic N) is 1. The summed E-state index contributed by atoms with van der Waals surface area (Å²) in [7, 11) is 0. The molecule has 1 heterocycles. The summed E-state index contributed by atoms with van der Waals surface area (Å²) in [6.07, 6.45) is 1.49. The van der Waals surface area contributed by atoms with Crippen molar-refractivity contribution < 1.29 is 33.4 Å². The first-order chi connectivity index (χ1) is 13.6. The zero-order valence-electron chi connectivity index (χ0n) is 16.7. The van der Waals surface area contributed by atoms with Crippen LogP contribution in [0, 0.1) is 0 Å². The fourth-order valence-corrected chi connectivity index (χ4v) is 3.18. The highest BCUT2D eigenvalue weighted by Gasteiger charge is 2.37. The molecule has 1 aliphatic heterocycles. The van der Waals surface area contributed by atoms with Crippen LogP contribution in [0.1, 0.15) is 33.3 Å². The molecule has 0 unspecified atom stereocenters. The largest absolute Gasteiger partial charge is 0.481 e. The van der Waals surface area contributed by atoms with E-state index >= 15 is 0 Å². The van der Waals surface area contributed by atoms with Gasteiger partial charge >= 0.3 is 11.9 Å². The van der Waals surface area contributed by atoms with Crippen LogP contribution in [0.15, 0.2) is 29.2 Å². The van der Waals surface area contributed by atoms with E-state index in [9.17, 15) is 19.2 Å². The van der Waals surface area contributed by atoms with Crippen molar-refractivity contribution in [2.75, 3.05) is 19.8 Å². The molecule has 0 radical (unpaired) electrons. The van der Waals surface area contributed by atoms with Gasteiger partial charge in [-0.15, -0.1) is 0 Å². The van der Waals surface area contributed by atoms with E-state index in [2.05, 4.69) is 0 Å². The van der Waals surface area contributed by atoms with Crippen LogP contribution in [0.25, 0.3) is 6.08 Å². The average Bonchev–Trinajstić information content (AvgIpc) is 2.87. The Morgan fingerprint density at radius 3 is 2.48 bits per heavy atom. The molecule has 2 amide bonds. The van der Waals surface area contributed by atoms with Crippen LogP contribution < -0.4 is 4.74 Å². The zero-order valence-corrected chi connectivity index (χ0v) is 17.5. The Morgan fingerprint density at radius 1 is 1.14 bits per heavy atom. The Morgan fingerprint density at radius 2 is 1.83 bits per heavy atom. The van der Waals surface area contributed by atoms with Crippen molar-refractivity contribution >= 4 is 40.9 Å². The lowest BCUT2D eigenvalue weighted by Crippen LogP contribution is -2.37. The third kappa shape index (κ3) is 6.63. The van der Waals surface area contributed by atoms with Crippen molar-refractivity contribution in [3.63, 3.8) is 0 Å². The maximum atomic E-state index is 12.6. The van der Waals surface area contributed by atoms with Crippen molar-refractivity contribution in [2.24, 2.45) is 0 Å². The zero-order chi connectivity index (χ0) is 21.6. The van der Waals surface area contributed by atoms with Crippen LogP contribution in [0.3, 0.4) is 0 Å². The van der Waals surface area contributed by atoms with Gasteiger partial charge in [-0.05, 0) is 51.6 Å². The standard InChI is InChI=1S/C20H23NO7S/c1-5-26-17(23)12-27-14-9-7-6-8-13(14)10-15-18(24)21(19(25)29-15)11-16(22)28-20(2,3)4/h6-10H,5,11-12H2,1-4H3/b15-10+. The average molecular weight is 421 g/mol. The minimum atomic E-state index is -0.718. The highest BCUT2D eigenvalue weighted by atomic mass is 32.2. The summed E-state index contributed by atoms with van der Waals surface area (Å²) in [4.78, 5) is 49.2. The fraction of sp³-hybridized carbons (Fsp3) is 0.400. The van der Waals surface area contributed by atoms with Crippen LogP contribution in [-0.4, -0.2) is 53.3 Å². The Balaban J connectivity index is 2.13. The lowest BCUT2D eigenvalue weighted by atomic mass is 10.2. The molecule has 29 heavy (non-hydrogen) atoms. The molecule has 156 valence electrons. The van der Waals surface area contributed by atoms with Gasteiger partial charge in [0.2, 0.25) is 0 Å². The molecule has 0 atom stereocenters. The molecule has 2 rings (SSSR count). The first-order valence-corrected chi connectivity index (χ1v) is 9.77. The second-order valence-electron chi connectivity index (χ2n) is 6.99. The summed E-state index contributed by atoms with van der Waals surface area (Å²) in [5.74, 6) is -1.41. The summed E-state index contributed by atoms with van der Waals surface area (Å²) in [5, 5.41) is -0.558. The topological polar surface area (TPSA) is 99.2 Å². The van der Waals surface area contributed by atoms with Crippen molar-refractivity contribution in [1.29, 1.82) is 0 Å². The smallest absolute Gasteiger partial charge is 0.344 e. The van der Waals surface area contributed by atoms with Gasteiger partial charge < -0.3 is 14.2 Å². The van der Waals surface area contributed by atoms with E-state index in [1.54, 1.807) is 52.0 Å². The normalized spacial score (nSPS) is 15.6. The molecule has 9 heteroatoms. The number of carbonyl (C=O) groups is 4. The minimum absolute atomic E-state index is 0.144. The summed E-state index contributed by atoms with van der Waals surface area (Å²) in [6.45, 7) is 6.30. The first-order valence-electron chi connectivity index (χ1n) is 8.95. The van der Waals surface area contributed by atoms with E-state index in [1.165, 1.54) is 6.08 Å². The number of hydrogen-bond acceptors (Lipinski definition) is 8. The Bertz CT molecular complexity index is 841. The molecular weight excluding hydrogens is 398 g/mol.